The van der Waals surface area contributed by atoms with Gasteiger partial charge in [-0.05, 0) is 89.8 Å². The molecule has 2 aromatic heterocycles. The Morgan fingerprint density at radius 2 is 0.970 bits per heavy atom. The van der Waals surface area contributed by atoms with Crippen LogP contribution in [0.2, 0.25) is 0 Å². The van der Waals surface area contributed by atoms with E-state index in [0.717, 1.165) is 0 Å². The van der Waals surface area contributed by atoms with Gasteiger partial charge in [-0.2, -0.15) is 0 Å². The van der Waals surface area contributed by atoms with E-state index >= 15 is 0 Å². The highest BCUT2D eigenvalue weighted by molar-refractivity contribution is 5.95. The van der Waals surface area contributed by atoms with Crippen LogP contribution in [0.15, 0.2) is 54.8 Å². The second-order valence-corrected chi connectivity index (χ2v) is 17.2. The minimum atomic E-state index is -1.49. The monoisotopic (exact) mass is 926 g/mol. The Hall–Kier alpha value is -5.58. The van der Waals surface area contributed by atoms with E-state index in [4.69, 9.17) is 46.7 Å². The van der Waals surface area contributed by atoms with Crippen molar-refractivity contribution in [1.82, 2.24) is 0 Å². The number of ether oxygens (including phenoxy) is 8. The summed E-state index contributed by atoms with van der Waals surface area (Å²) in [5, 5.41) is 48.9. The summed E-state index contributed by atoms with van der Waals surface area (Å²) in [6.07, 6.45) is -5.96. The van der Waals surface area contributed by atoms with E-state index in [1.807, 2.05) is 0 Å². The van der Waals surface area contributed by atoms with Gasteiger partial charge < -0.3 is 77.8 Å². The van der Waals surface area contributed by atoms with Gasteiger partial charge in [0.15, 0.2) is 22.7 Å². The van der Waals surface area contributed by atoms with Crippen molar-refractivity contribution >= 4 is 45.1 Å². The minimum absolute atomic E-state index is 0.00138. The Labute approximate surface area is 379 Å². The van der Waals surface area contributed by atoms with Crippen molar-refractivity contribution in [2.24, 2.45) is 0 Å². The van der Waals surface area contributed by atoms with Gasteiger partial charge in [0.2, 0.25) is 35.9 Å². The molecular weight excluding hydrogens is 869 g/mol. The number of nitrogens with one attached hydrogen (secondary N) is 2. The molecule has 6 N–H and O–H groups in total. The Morgan fingerprint density at radius 3 is 1.30 bits per heavy atom. The molecule has 2 aromatic carbocycles. The molecule has 0 aliphatic carbocycles. The molecular formula is C46H58N2O18. The summed E-state index contributed by atoms with van der Waals surface area (Å²) in [6, 6.07) is 6.17. The lowest BCUT2D eigenvalue weighted by molar-refractivity contribution is -0.306. The molecule has 2 fully saturated rings. The number of methoxy groups -OCH3 is 4. The van der Waals surface area contributed by atoms with Gasteiger partial charge in [-0.1, -0.05) is 12.2 Å². The fraction of sp³-hybridized carbons (Fsp3) is 0.522. The van der Waals surface area contributed by atoms with Crippen LogP contribution >= 0.6 is 0 Å². The fourth-order valence-electron chi connectivity index (χ4n) is 8.27. The van der Waals surface area contributed by atoms with Gasteiger partial charge in [-0.25, -0.2) is 9.59 Å². The average molecular weight is 927 g/mol. The third-order valence-corrected chi connectivity index (χ3v) is 11.5. The van der Waals surface area contributed by atoms with Gasteiger partial charge in [-0.3, -0.25) is 9.59 Å². The first-order valence-electron chi connectivity index (χ1n) is 21.2. The first kappa shape index (κ1) is 49.8. The van der Waals surface area contributed by atoms with Crippen LogP contribution in [-0.2, 0) is 28.5 Å². The molecule has 0 spiro atoms. The zero-order valence-corrected chi connectivity index (χ0v) is 38.4. The van der Waals surface area contributed by atoms with Gasteiger partial charge in [0.05, 0.1) is 25.4 Å². The lowest BCUT2D eigenvalue weighted by Gasteiger charge is -2.46. The summed E-state index contributed by atoms with van der Waals surface area (Å²) in [6.45, 7) is 10.1. The molecule has 2 saturated heterocycles. The molecule has 4 aromatic rings. The van der Waals surface area contributed by atoms with Gasteiger partial charge in [0, 0.05) is 37.8 Å². The zero-order chi connectivity index (χ0) is 48.4. The summed E-state index contributed by atoms with van der Waals surface area (Å²) in [4.78, 5) is 51.8. The largest absolute Gasteiger partial charge is 0.490 e. The van der Waals surface area contributed by atoms with E-state index in [0.29, 0.717) is 21.9 Å². The lowest BCUT2D eigenvalue weighted by Crippen LogP contribution is -2.63. The quantitative estimate of drug-likeness (QED) is 0.0690. The van der Waals surface area contributed by atoms with Gasteiger partial charge in [-0.15, -0.1) is 0 Å². The summed E-state index contributed by atoms with van der Waals surface area (Å²) >= 11 is 0. The van der Waals surface area contributed by atoms with Crippen molar-refractivity contribution < 1.29 is 76.7 Å². The highest BCUT2D eigenvalue weighted by Crippen LogP contribution is 2.43. The van der Waals surface area contributed by atoms with E-state index < -0.39 is 83.5 Å². The highest BCUT2D eigenvalue weighted by Gasteiger charge is 2.52. The highest BCUT2D eigenvalue weighted by atomic mass is 16.7. The molecule has 0 saturated carbocycles. The molecule has 20 nitrogen and oxygen atoms in total. The smallest absolute Gasteiger partial charge is 0.360 e. The van der Waals surface area contributed by atoms with E-state index in [1.165, 1.54) is 40.6 Å². The Kier molecular flexibility index (Phi) is 15.2. The number of anilines is 2. The van der Waals surface area contributed by atoms with Gasteiger partial charge >= 0.3 is 11.3 Å². The first-order chi connectivity index (χ1) is 31.2. The fourth-order valence-corrected chi connectivity index (χ4v) is 8.27. The van der Waals surface area contributed by atoms with Crippen LogP contribution in [0, 0.1) is 13.8 Å². The Balaban J connectivity index is 1.03. The third-order valence-electron chi connectivity index (χ3n) is 11.5. The van der Waals surface area contributed by atoms with E-state index in [1.54, 1.807) is 65.8 Å². The number of hydrogen-bond donors (Lipinski definition) is 6. The van der Waals surface area contributed by atoms with Crippen LogP contribution in [0.4, 0.5) is 11.4 Å². The summed E-state index contributed by atoms with van der Waals surface area (Å²) in [5.41, 5.74) is -2.93. The van der Waals surface area contributed by atoms with Crippen LogP contribution < -0.4 is 40.8 Å². The number of allylic oxidation sites excluding steroid dienone is 2. The number of carbonyl (C=O) groups is 2. The number of carbonyl (C=O) groups excluding carboxylic acids is 2. The number of aliphatic hydroxyl groups excluding tert-OH is 4. The predicted octanol–water partition coefficient (Wildman–Crippen LogP) is 3.73. The van der Waals surface area contributed by atoms with Crippen LogP contribution in [0.25, 0.3) is 21.9 Å². The lowest BCUT2D eigenvalue weighted by atomic mass is 9.89. The summed E-state index contributed by atoms with van der Waals surface area (Å²) < 4.78 is 56.9. The first-order valence-corrected chi connectivity index (χ1v) is 21.2. The molecule has 360 valence electrons. The zero-order valence-electron chi connectivity index (χ0n) is 38.4. The molecule has 0 radical (unpaired) electrons. The number of amides is 2. The second-order valence-electron chi connectivity index (χ2n) is 17.2. The number of aliphatic hydroxyl groups is 4. The van der Waals surface area contributed by atoms with Crippen molar-refractivity contribution in [2.75, 3.05) is 39.1 Å². The molecule has 66 heavy (non-hydrogen) atoms. The standard InChI is InChI=1S/C46H58N2O18/c1-21-17-23-19-25(41(55)61-35(23)37(57-7)33(21)63-43-31(53)29(51)39(59-9)45(3,4)65-43)47-27(49)15-13-11-12-14-16-28(50)48-26-20-24-18-22(2)34(38(58-8)36(24)62-42(26)56)64-44-32(54)30(52)40(60-10)46(5,6)66-44/h11-12,17-20,29-32,39-40,43-44,51-54H,13-16H2,1-10H3,(H,47,49)(H,48,50)/b12-11+/t29-,30-,31+,32+,39+,40+,43+,44+/m0/s1. The second kappa shape index (κ2) is 20.1. The maximum atomic E-state index is 13.0. The molecule has 8 atom stereocenters. The minimum Gasteiger partial charge on any atom is -0.490 e. The number of hydrogen-bond acceptors (Lipinski definition) is 18. The van der Waals surface area contributed by atoms with E-state index in [-0.39, 0.29) is 71.2 Å². The van der Waals surface area contributed by atoms with Gasteiger partial charge in [0.25, 0.3) is 0 Å². The average Bonchev–Trinajstić information content (AvgIpc) is 3.24. The topological polar surface area (TPSA) is 273 Å². The molecule has 2 aliphatic heterocycles. The van der Waals surface area contributed by atoms with Crippen LogP contribution in [0.5, 0.6) is 23.0 Å². The predicted molar refractivity (Wildman–Crippen MR) is 237 cm³/mol. The van der Waals surface area contributed by atoms with Crippen molar-refractivity contribution in [3.63, 3.8) is 0 Å². The normalized spacial score (nSPS) is 24.9. The number of benzene rings is 2. The molecule has 2 aliphatic rings. The van der Waals surface area contributed by atoms with Crippen molar-refractivity contribution in [3.05, 3.63) is 68.4 Å². The molecule has 6 rings (SSSR count). The van der Waals surface area contributed by atoms with Crippen molar-refractivity contribution in [3.8, 4) is 23.0 Å². The molecule has 0 bridgehead atoms. The number of aryl methyl sites for hydroxylation is 2. The van der Waals surface area contributed by atoms with E-state index in [9.17, 15) is 39.6 Å². The Morgan fingerprint density at radius 1 is 0.606 bits per heavy atom. The van der Waals surface area contributed by atoms with Crippen LogP contribution in [0.3, 0.4) is 0 Å². The van der Waals surface area contributed by atoms with Crippen molar-refractivity contribution in [1.29, 1.82) is 0 Å². The maximum absolute atomic E-state index is 13.0. The van der Waals surface area contributed by atoms with Crippen LogP contribution in [0.1, 0.15) is 64.5 Å². The molecule has 2 amide bonds. The number of fused-ring (bicyclic) bond motifs is 2. The van der Waals surface area contributed by atoms with Crippen molar-refractivity contribution in [2.45, 2.75) is 128 Å². The maximum Gasteiger partial charge on any atom is 0.360 e. The van der Waals surface area contributed by atoms with Crippen LogP contribution in [-0.4, -0.2) is 121 Å². The summed E-state index contributed by atoms with van der Waals surface area (Å²) in [7, 11) is 5.49. The molecule has 0 unspecified atom stereocenters. The SMILES string of the molecule is COc1c(O[C@@H]2OC(C)(C)[C@H](OC)[C@@H](O)[C@H]2O)c(C)cc2cc(NC(=O)CC/C=C/CCC(=O)Nc3cc4cc(C)c(O[C@@H]5OC(C)(C)[C@H](OC)[C@@H](O)[C@H]5O)c(OC)c4oc3=O)c(=O)oc12. The van der Waals surface area contributed by atoms with Gasteiger partial charge in [0.1, 0.15) is 48.0 Å². The number of rotatable bonds is 16. The third kappa shape index (κ3) is 10.2. The van der Waals surface area contributed by atoms with E-state index in [2.05, 4.69) is 10.6 Å². The summed E-state index contributed by atoms with van der Waals surface area (Å²) in [5.74, 6) is -0.648. The molecule has 4 heterocycles. The Bertz CT molecular complexity index is 2410. The molecule has 20 heteroatoms.